The zero-order valence-electron chi connectivity index (χ0n) is 16.9. The van der Waals surface area contributed by atoms with Gasteiger partial charge in [0.05, 0.1) is 31.2 Å². The molecular formula is C22H28N2O3. The molecule has 0 heterocycles. The minimum Gasteiger partial charge on any atom is -0.497 e. The quantitative estimate of drug-likeness (QED) is 0.617. The molecule has 5 heteroatoms. The Morgan fingerprint density at radius 1 is 1.07 bits per heavy atom. The Balaban J connectivity index is 1.95. The van der Waals surface area contributed by atoms with Crippen LogP contribution in [0.4, 0.5) is 11.4 Å². The second-order valence-corrected chi connectivity index (χ2v) is 7.92. The van der Waals surface area contributed by atoms with Gasteiger partial charge < -0.3 is 20.1 Å². The number of hydrogen-bond acceptors (Lipinski definition) is 5. The van der Waals surface area contributed by atoms with Crippen LogP contribution in [0.25, 0.3) is 0 Å². The fourth-order valence-electron chi connectivity index (χ4n) is 4.10. The number of Topliss-reactive ketones (excluding diaryl/α,β-unsaturated/α-hetero) is 1. The summed E-state index contributed by atoms with van der Waals surface area (Å²) in [5, 5.41) is 0. The van der Waals surface area contributed by atoms with Crippen molar-refractivity contribution >= 4 is 17.2 Å². The average molecular weight is 368 g/mol. The van der Waals surface area contributed by atoms with Crippen molar-refractivity contribution in [3.05, 3.63) is 47.5 Å². The molecule has 0 spiro atoms. The molecule has 2 aromatic rings. The maximum absolute atomic E-state index is 13.3. The Bertz CT molecular complexity index is 874. The van der Waals surface area contributed by atoms with Crippen LogP contribution in [-0.4, -0.2) is 34.1 Å². The van der Waals surface area contributed by atoms with Gasteiger partial charge in [-0.1, -0.05) is 19.9 Å². The van der Waals surface area contributed by atoms with Crippen molar-refractivity contribution in [2.24, 2.45) is 11.3 Å². The van der Waals surface area contributed by atoms with Crippen molar-refractivity contribution < 1.29 is 14.3 Å². The van der Waals surface area contributed by atoms with E-state index < -0.39 is 0 Å². The number of anilines is 2. The summed E-state index contributed by atoms with van der Waals surface area (Å²) in [6.07, 6.45) is 0. The molecule has 2 unspecified atom stereocenters. The Labute approximate surface area is 161 Å². The average Bonchev–Trinajstić information content (AvgIpc) is 3.22. The molecule has 1 fully saturated rings. The number of ketones is 1. The minimum absolute atomic E-state index is 0.0796. The lowest BCUT2D eigenvalue weighted by Crippen LogP contribution is -2.11. The van der Waals surface area contributed by atoms with Gasteiger partial charge in [0.25, 0.3) is 0 Å². The van der Waals surface area contributed by atoms with Crippen molar-refractivity contribution in [2.75, 3.05) is 38.9 Å². The van der Waals surface area contributed by atoms with Crippen LogP contribution in [0, 0.1) is 11.3 Å². The molecule has 1 saturated carbocycles. The van der Waals surface area contributed by atoms with Gasteiger partial charge in [-0.3, -0.25) is 4.79 Å². The normalized spacial score (nSPS) is 20.1. The lowest BCUT2D eigenvalue weighted by Gasteiger charge is -2.16. The molecule has 5 nitrogen and oxygen atoms in total. The molecule has 27 heavy (non-hydrogen) atoms. The van der Waals surface area contributed by atoms with E-state index in [1.807, 2.05) is 31.1 Å². The number of carbonyl (C=O) groups is 1. The van der Waals surface area contributed by atoms with Crippen LogP contribution in [0.1, 0.15) is 35.7 Å². The predicted octanol–water partition coefficient (Wildman–Crippen LogP) is 3.97. The second-order valence-electron chi connectivity index (χ2n) is 7.92. The monoisotopic (exact) mass is 368 g/mol. The Morgan fingerprint density at radius 2 is 1.78 bits per heavy atom. The van der Waals surface area contributed by atoms with E-state index in [9.17, 15) is 4.79 Å². The van der Waals surface area contributed by atoms with E-state index in [0.29, 0.717) is 17.1 Å². The first kappa shape index (κ1) is 19.1. The van der Waals surface area contributed by atoms with E-state index in [1.165, 1.54) is 0 Å². The van der Waals surface area contributed by atoms with Crippen molar-refractivity contribution in [1.29, 1.82) is 0 Å². The summed E-state index contributed by atoms with van der Waals surface area (Å²) in [5.74, 6) is 1.30. The zero-order chi connectivity index (χ0) is 19.9. The fourth-order valence-corrected chi connectivity index (χ4v) is 4.10. The van der Waals surface area contributed by atoms with Gasteiger partial charge in [-0.05, 0) is 41.3 Å². The van der Waals surface area contributed by atoms with Crippen molar-refractivity contribution in [3.63, 3.8) is 0 Å². The van der Waals surface area contributed by atoms with Gasteiger partial charge in [0.15, 0.2) is 5.78 Å². The van der Waals surface area contributed by atoms with Gasteiger partial charge in [0, 0.05) is 25.9 Å². The lowest BCUT2D eigenvalue weighted by molar-refractivity contribution is 0.0948. The first-order chi connectivity index (χ1) is 12.7. The van der Waals surface area contributed by atoms with E-state index >= 15 is 0 Å². The van der Waals surface area contributed by atoms with Crippen molar-refractivity contribution in [3.8, 4) is 11.5 Å². The van der Waals surface area contributed by atoms with Gasteiger partial charge in [0.2, 0.25) is 0 Å². The number of methoxy groups -OCH3 is 2. The highest BCUT2D eigenvalue weighted by Crippen LogP contribution is 2.66. The number of rotatable bonds is 6. The third-order valence-electron chi connectivity index (χ3n) is 5.67. The van der Waals surface area contributed by atoms with E-state index in [0.717, 1.165) is 16.9 Å². The first-order valence-electron chi connectivity index (χ1n) is 9.05. The summed E-state index contributed by atoms with van der Waals surface area (Å²) in [6.45, 7) is 4.26. The second kappa shape index (κ2) is 6.80. The van der Waals surface area contributed by atoms with Crippen LogP contribution < -0.4 is 20.1 Å². The summed E-state index contributed by atoms with van der Waals surface area (Å²) >= 11 is 0. The molecule has 0 aliphatic heterocycles. The van der Waals surface area contributed by atoms with E-state index in [-0.39, 0.29) is 23.0 Å². The molecule has 144 valence electrons. The Kier molecular flexibility index (Phi) is 4.81. The highest BCUT2D eigenvalue weighted by atomic mass is 16.5. The molecule has 0 aromatic heterocycles. The van der Waals surface area contributed by atoms with Crippen molar-refractivity contribution in [1.82, 2.24) is 0 Å². The maximum atomic E-state index is 13.3. The number of carbonyl (C=O) groups excluding carboxylic acids is 1. The van der Waals surface area contributed by atoms with Crippen LogP contribution in [0.3, 0.4) is 0 Å². The van der Waals surface area contributed by atoms with Gasteiger partial charge in [-0.15, -0.1) is 0 Å². The number of benzene rings is 2. The maximum Gasteiger partial charge on any atom is 0.170 e. The van der Waals surface area contributed by atoms with E-state index in [1.54, 1.807) is 32.4 Å². The molecule has 0 radical (unpaired) electrons. The van der Waals surface area contributed by atoms with Crippen LogP contribution in [0.5, 0.6) is 11.5 Å². The Morgan fingerprint density at radius 3 is 2.33 bits per heavy atom. The van der Waals surface area contributed by atoms with Gasteiger partial charge in [-0.2, -0.15) is 0 Å². The zero-order valence-corrected chi connectivity index (χ0v) is 16.9. The molecule has 0 saturated heterocycles. The standard InChI is InChI=1S/C22H28N2O3/c1-22(2)19(13-7-9-17(24(3)4)16(23)11-13)20(22)21(25)15-12-14(26-5)8-10-18(15)27-6/h7-12,19-20H,23H2,1-6H3. The highest BCUT2D eigenvalue weighted by molar-refractivity contribution is 6.04. The molecule has 1 aliphatic rings. The minimum atomic E-state index is -0.142. The molecule has 2 atom stereocenters. The number of hydrogen-bond donors (Lipinski definition) is 1. The third-order valence-corrected chi connectivity index (χ3v) is 5.67. The molecule has 3 rings (SSSR count). The SMILES string of the molecule is COc1ccc(OC)c(C(=O)C2C(c3ccc(N(C)C)c(N)c3)C2(C)C)c1. The molecular weight excluding hydrogens is 340 g/mol. The lowest BCUT2D eigenvalue weighted by atomic mass is 10.0. The summed E-state index contributed by atoms with van der Waals surface area (Å²) in [5.41, 5.74) is 9.46. The topological polar surface area (TPSA) is 64.8 Å². The first-order valence-corrected chi connectivity index (χ1v) is 9.05. The molecule has 0 bridgehead atoms. The number of nitrogen functional groups attached to an aromatic ring is 1. The smallest absolute Gasteiger partial charge is 0.170 e. The van der Waals surface area contributed by atoms with Gasteiger partial charge in [0.1, 0.15) is 11.5 Å². The summed E-state index contributed by atoms with van der Waals surface area (Å²) < 4.78 is 10.7. The largest absolute Gasteiger partial charge is 0.497 e. The van der Waals surface area contributed by atoms with Gasteiger partial charge >= 0.3 is 0 Å². The highest BCUT2D eigenvalue weighted by Gasteiger charge is 2.62. The van der Waals surface area contributed by atoms with Crippen LogP contribution in [0.2, 0.25) is 0 Å². The molecule has 0 amide bonds. The third kappa shape index (κ3) is 3.22. The van der Waals surface area contributed by atoms with Crippen molar-refractivity contribution in [2.45, 2.75) is 19.8 Å². The fraction of sp³-hybridized carbons (Fsp3) is 0.409. The summed E-state index contributed by atoms with van der Waals surface area (Å²) in [4.78, 5) is 15.3. The molecule has 2 aromatic carbocycles. The number of ether oxygens (including phenoxy) is 2. The van der Waals surface area contributed by atoms with Crippen LogP contribution in [-0.2, 0) is 0 Å². The predicted molar refractivity (Wildman–Crippen MR) is 109 cm³/mol. The van der Waals surface area contributed by atoms with Crippen LogP contribution >= 0.6 is 0 Å². The van der Waals surface area contributed by atoms with E-state index in [4.69, 9.17) is 15.2 Å². The Hall–Kier alpha value is -2.69. The summed E-state index contributed by atoms with van der Waals surface area (Å²) in [7, 11) is 7.10. The molecule has 1 aliphatic carbocycles. The number of nitrogens with zero attached hydrogens (tertiary/aromatic N) is 1. The van der Waals surface area contributed by atoms with Gasteiger partial charge in [-0.25, -0.2) is 0 Å². The van der Waals surface area contributed by atoms with E-state index in [2.05, 4.69) is 19.9 Å². The number of nitrogens with two attached hydrogens (primary N) is 1. The summed E-state index contributed by atoms with van der Waals surface area (Å²) in [6, 6.07) is 11.4. The van der Waals surface area contributed by atoms with Crippen LogP contribution in [0.15, 0.2) is 36.4 Å². The molecule has 2 N–H and O–H groups in total.